The molecule has 0 unspecified atom stereocenters. The number of carbonyl (C=O) groups is 1. The van der Waals surface area contributed by atoms with Crippen molar-refractivity contribution in [3.63, 3.8) is 0 Å². The lowest BCUT2D eigenvalue weighted by Crippen LogP contribution is -2.25. The van der Waals surface area contributed by atoms with Crippen molar-refractivity contribution in [1.29, 1.82) is 0 Å². The molecule has 0 aliphatic rings. The number of nitrogens with two attached hydrogens (primary N) is 1. The van der Waals surface area contributed by atoms with Crippen LogP contribution in [0, 0.1) is 0 Å². The molecule has 0 aromatic heterocycles. The number of benzene rings is 1. The molecular formula is C11H13BrClN3O2. The summed E-state index contributed by atoms with van der Waals surface area (Å²) in [4.78, 5) is 11.8. The third kappa shape index (κ3) is 4.93. The number of halogens is 2. The zero-order chi connectivity index (χ0) is 13.5. The van der Waals surface area contributed by atoms with Gasteiger partial charge in [0.1, 0.15) is 5.84 Å². The fourth-order valence-corrected chi connectivity index (χ4v) is 2.17. The summed E-state index contributed by atoms with van der Waals surface area (Å²) in [7, 11) is 0. The lowest BCUT2D eigenvalue weighted by Gasteiger charge is -2.05. The molecule has 1 rings (SSSR count). The fourth-order valence-electron chi connectivity index (χ4n) is 1.31. The second-order valence-corrected chi connectivity index (χ2v) is 4.96. The molecule has 0 aliphatic heterocycles. The molecule has 0 atom stereocenters. The summed E-state index contributed by atoms with van der Waals surface area (Å²) >= 11 is 9.11. The molecule has 0 aliphatic carbocycles. The number of amides is 1. The molecule has 1 aromatic carbocycles. The van der Waals surface area contributed by atoms with Crippen LogP contribution in [0.4, 0.5) is 0 Å². The zero-order valence-corrected chi connectivity index (χ0v) is 11.8. The van der Waals surface area contributed by atoms with Gasteiger partial charge in [-0.1, -0.05) is 32.7 Å². The third-order valence-corrected chi connectivity index (χ3v) is 2.82. The number of hydrogen-bond acceptors (Lipinski definition) is 3. The summed E-state index contributed by atoms with van der Waals surface area (Å²) in [5.74, 6) is -0.0625. The number of carbonyl (C=O) groups excluding carboxylic acids is 1. The normalized spacial score (nSPS) is 11.3. The van der Waals surface area contributed by atoms with E-state index in [1.54, 1.807) is 18.2 Å². The van der Waals surface area contributed by atoms with Crippen molar-refractivity contribution >= 4 is 39.3 Å². The molecular weight excluding hydrogens is 321 g/mol. The van der Waals surface area contributed by atoms with Crippen LogP contribution in [-0.2, 0) is 0 Å². The topological polar surface area (TPSA) is 87.7 Å². The number of rotatable bonds is 5. The Balaban J connectivity index is 2.46. The first-order chi connectivity index (χ1) is 8.52. The second-order valence-electron chi connectivity index (χ2n) is 3.61. The van der Waals surface area contributed by atoms with Gasteiger partial charge in [0.2, 0.25) is 0 Å². The van der Waals surface area contributed by atoms with Crippen molar-refractivity contribution in [3.05, 3.63) is 33.3 Å². The van der Waals surface area contributed by atoms with E-state index < -0.39 is 0 Å². The summed E-state index contributed by atoms with van der Waals surface area (Å²) in [6.07, 6.45) is 1.03. The van der Waals surface area contributed by atoms with Gasteiger partial charge in [0.05, 0.1) is 0 Å². The maximum absolute atomic E-state index is 11.8. The van der Waals surface area contributed by atoms with Gasteiger partial charge in [-0.25, -0.2) is 0 Å². The first-order valence-electron chi connectivity index (χ1n) is 5.23. The Morgan fingerprint density at radius 3 is 2.83 bits per heavy atom. The lowest BCUT2D eigenvalue weighted by atomic mass is 10.2. The Morgan fingerprint density at radius 1 is 1.50 bits per heavy atom. The van der Waals surface area contributed by atoms with Crippen molar-refractivity contribution in [1.82, 2.24) is 5.32 Å². The molecule has 4 N–H and O–H groups in total. The van der Waals surface area contributed by atoms with E-state index in [-0.39, 0.29) is 11.7 Å². The van der Waals surface area contributed by atoms with Gasteiger partial charge in [-0.15, -0.1) is 0 Å². The lowest BCUT2D eigenvalue weighted by molar-refractivity contribution is 0.0953. The van der Waals surface area contributed by atoms with Crippen molar-refractivity contribution in [3.8, 4) is 0 Å². The molecule has 98 valence electrons. The molecule has 7 heteroatoms. The van der Waals surface area contributed by atoms with Gasteiger partial charge < -0.3 is 16.3 Å². The zero-order valence-electron chi connectivity index (χ0n) is 9.49. The van der Waals surface area contributed by atoms with E-state index >= 15 is 0 Å². The molecule has 1 amide bonds. The van der Waals surface area contributed by atoms with E-state index in [4.69, 9.17) is 22.5 Å². The first kappa shape index (κ1) is 14.8. The standard InChI is InChI=1S/C11H13BrClN3O2/c12-8-4-7(5-9(13)6-8)11(17)15-3-1-2-10(14)16-18/h4-6,18H,1-3H2,(H2,14,16)(H,15,17). The predicted octanol–water partition coefficient (Wildman–Crippen LogP) is 2.36. The summed E-state index contributed by atoms with van der Waals surface area (Å²) in [5.41, 5.74) is 5.79. The van der Waals surface area contributed by atoms with Crippen LogP contribution in [0.15, 0.2) is 27.8 Å². The number of oxime groups is 1. The van der Waals surface area contributed by atoms with Crippen LogP contribution in [0.1, 0.15) is 23.2 Å². The number of nitrogens with one attached hydrogen (secondary N) is 1. The van der Waals surface area contributed by atoms with E-state index in [0.717, 1.165) is 4.47 Å². The van der Waals surface area contributed by atoms with E-state index in [2.05, 4.69) is 26.4 Å². The summed E-state index contributed by atoms with van der Waals surface area (Å²) in [5, 5.41) is 14.4. The largest absolute Gasteiger partial charge is 0.409 e. The molecule has 18 heavy (non-hydrogen) atoms. The highest BCUT2D eigenvalue weighted by molar-refractivity contribution is 9.10. The van der Waals surface area contributed by atoms with Gasteiger partial charge in [-0.3, -0.25) is 4.79 Å². The minimum atomic E-state index is -0.210. The maximum Gasteiger partial charge on any atom is 0.251 e. The molecule has 0 fully saturated rings. The van der Waals surface area contributed by atoms with E-state index in [1.165, 1.54) is 0 Å². The average molecular weight is 335 g/mol. The highest BCUT2D eigenvalue weighted by atomic mass is 79.9. The van der Waals surface area contributed by atoms with Crippen LogP contribution in [0.25, 0.3) is 0 Å². The van der Waals surface area contributed by atoms with E-state index in [0.29, 0.717) is 30.0 Å². The first-order valence-corrected chi connectivity index (χ1v) is 6.40. The second kappa shape index (κ2) is 7.23. The third-order valence-electron chi connectivity index (χ3n) is 2.15. The van der Waals surface area contributed by atoms with E-state index in [1.807, 2.05) is 0 Å². The van der Waals surface area contributed by atoms with Crippen molar-refractivity contribution in [2.45, 2.75) is 12.8 Å². The summed E-state index contributed by atoms with van der Waals surface area (Å²) in [6.45, 7) is 0.444. The monoisotopic (exact) mass is 333 g/mol. The summed E-state index contributed by atoms with van der Waals surface area (Å²) < 4.78 is 0.747. The van der Waals surface area contributed by atoms with E-state index in [9.17, 15) is 4.79 Å². The van der Waals surface area contributed by atoms with Crippen LogP contribution in [0.3, 0.4) is 0 Å². The van der Waals surface area contributed by atoms with Gasteiger partial charge in [0.15, 0.2) is 0 Å². The Morgan fingerprint density at radius 2 is 2.22 bits per heavy atom. The van der Waals surface area contributed by atoms with Gasteiger partial charge in [-0.2, -0.15) is 0 Å². The summed E-state index contributed by atoms with van der Waals surface area (Å²) in [6, 6.07) is 4.98. The minimum Gasteiger partial charge on any atom is -0.409 e. The maximum atomic E-state index is 11.8. The Hall–Kier alpha value is -1.27. The molecule has 5 nitrogen and oxygen atoms in total. The Labute approximate surface area is 118 Å². The van der Waals surface area contributed by atoms with Crippen LogP contribution < -0.4 is 11.1 Å². The van der Waals surface area contributed by atoms with Gasteiger partial charge in [0, 0.05) is 28.0 Å². The van der Waals surface area contributed by atoms with Gasteiger partial charge >= 0.3 is 0 Å². The molecule has 0 saturated heterocycles. The van der Waals surface area contributed by atoms with Crippen LogP contribution in [-0.4, -0.2) is 23.5 Å². The average Bonchev–Trinajstić information content (AvgIpc) is 2.32. The van der Waals surface area contributed by atoms with Crippen LogP contribution in [0.2, 0.25) is 5.02 Å². The van der Waals surface area contributed by atoms with Crippen LogP contribution in [0.5, 0.6) is 0 Å². The number of amidine groups is 1. The Kier molecular flexibility index (Phi) is 5.94. The minimum absolute atomic E-state index is 0.148. The SMILES string of the molecule is N/C(CCCNC(=O)c1cc(Cl)cc(Br)c1)=N/O. The smallest absolute Gasteiger partial charge is 0.251 e. The Bertz CT molecular complexity index is 445. The van der Waals surface area contributed by atoms with Gasteiger partial charge in [-0.05, 0) is 24.6 Å². The van der Waals surface area contributed by atoms with Crippen LogP contribution >= 0.6 is 27.5 Å². The van der Waals surface area contributed by atoms with Crippen molar-refractivity contribution < 1.29 is 10.0 Å². The molecule has 0 spiro atoms. The quantitative estimate of drug-likeness (QED) is 0.254. The predicted molar refractivity (Wildman–Crippen MR) is 74.1 cm³/mol. The van der Waals surface area contributed by atoms with Crippen molar-refractivity contribution in [2.75, 3.05) is 6.54 Å². The molecule has 0 bridgehead atoms. The molecule has 0 heterocycles. The number of nitrogens with zero attached hydrogens (tertiary/aromatic N) is 1. The number of hydrogen-bond donors (Lipinski definition) is 3. The fraction of sp³-hybridized carbons (Fsp3) is 0.273. The highest BCUT2D eigenvalue weighted by Gasteiger charge is 2.07. The molecule has 1 aromatic rings. The molecule has 0 radical (unpaired) electrons. The highest BCUT2D eigenvalue weighted by Crippen LogP contribution is 2.19. The van der Waals surface area contributed by atoms with Gasteiger partial charge in [0.25, 0.3) is 5.91 Å². The molecule has 0 saturated carbocycles. The van der Waals surface area contributed by atoms with Crippen molar-refractivity contribution in [2.24, 2.45) is 10.9 Å².